The third-order valence-corrected chi connectivity index (χ3v) is 6.16. The molecular weight excluding hydrogens is 390 g/mol. The van der Waals surface area contributed by atoms with E-state index in [1.54, 1.807) is 13.4 Å². The number of aromatic amines is 1. The second kappa shape index (κ2) is 9.86. The summed E-state index contributed by atoms with van der Waals surface area (Å²) < 4.78 is 11.1. The Morgan fingerprint density at radius 3 is 2.87 bits per heavy atom. The molecule has 2 aromatic carbocycles. The van der Waals surface area contributed by atoms with E-state index in [2.05, 4.69) is 22.2 Å². The molecule has 0 radical (unpaired) electrons. The van der Waals surface area contributed by atoms with Gasteiger partial charge in [0.2, 0.25) is 5.91 Å². The lowest BCUT2D eigenvalue weighted by Crippen LogP contribution is -2.44. The van der Waals surface area contributed by atoms with Gasteiger partial charge >= 0.3 is 0 Å². The molecule has 3 atom stereocenters. The van der Waals surface area contributed by atoms with Crippen LogP contribution in [0.15, 0.2) is 48.8 Å². The van der Waals surface area contributed by atoms with Gasteiger partial charge in [-0.25, -0.2) is 4.98 Å². The highest BCUT2D eigenvalue weighted by Crippen LogP contribution is 2.36. The first kappa shape index (κ1) is 21.2. The Morgan fingerprint density at radius 1 is 1.19 bits per heavy atom. The summed E-state index contributed by atoms with van der Waals surface area (Å²) in [6.45, 7) is 2.70. The van der Waals surface area contributed by atoms with Crippen molar-refractivity contribution in [2.75, 3.05) is 13.7 Å². The van der Waals surface area contributed by atoms with Crippen LogP contribution in [-0.2, 0) is 11.2 Å². The zero-order valence-electron chi connectivity index (χ0n) is 18.3. The Hall–Kier alpha value is -3.02. The van der Waals surface area contributed by atoms with Crippen molar-refractivity contribution in [3.8, 4) is 11.5 Å². The molecule has 31 heavy (non-hydrogen) atoms. The van der Waals surface area contributed by atoms with Crippen LogP contribution in [0.25, 0.3) is 11.0 Å². The van der Waals surface area contributed by atoms with Crippen molar-refractivity contribution in [3.05, 3.63) is 54.4 Å². The maximum Gasteiger partial charge on any atom is 0.227 e. The molecule has 0 bridgehead atoms. The number of rotatable bonds is 3. The number of hydrogen-bond donors (Lipinski definition) is 2. The van der Waals surface area contributed by atoms with Crippen molar-refractivity contribution in [2.45, 2.75) is 45.1 Å². The number of para-hydroxylation sites is 3. The number of carbonyl (C=O) groups is 1. The average molecular weight is 422 g/mol. The van der Waals surface area contributed by atoms with Crippen LogP contribution in [-0.4, -0.2) is 35.6 Å². The number of carbonyl (C=O) groups excluding carboxylic acids is 1. The number of benzene rings is 2. The molecule has 1 aliphatic carbocycles. The van der Waals surface area contributed by atoms with Crippen LogP contribution in [0.3, 0.4) is 0 Å². The van der Waals surface area contributed by atoms with E-state index in [-0.39, 0.29) is 11.8 Å². The molecule has 3 unspecified atom stereocenters. The van der Waals surface area contributed by atoms with Gasteiger partial charge in [0.1, 0.15) is 6.61 Å². The lowest BCUT2D eigenvalue weighted by Gasteiger charge is -2.31. The van der Waals surface area contributed by atoms with Gasteiger partial charge in [-0.3, -0.25) is 4.79 Å². The van der Waals surface area contributed by atoms with E-state index in [0.717, 1.165) is 47.4 Å². The number of imidazole rings is 1. The Labute approximate surface area is 183 Å². The molecule has 1 amide bonds. The van der Waals surface area contributed by atoms with Gasteiger partial charge in [0.15, 0.2) is 11.5 Å². The van der Waals surface area contributed by atoms with Gasteiger partial charge < -0.3 is 19.8 Å². The third kappa shape index (κ3) is 5.19. The largest absolute Gasteiger partial charge is 0.493 e. The molecule has 164 valence electrons. The van der Waals surface area contributed by atoms with Crippen molar-refractivity contribution >= 4 is 16.9 Å². The van der Waals surface area contributed by atoms with Gasteiger partial charge in [0.25, 0.3) is 0 Å². The number of H-pyrrole nitrogens is 1. The molecule has 2 N–H and O–H groups in total. The molecule has 1 aromatic heterocycles. The highest BCUT2D eigenvalue weighted by molar-refractivity contribution is 5.80. The van der Waals surface area contributed by atoms with Gasteiger partial charge in [-0.2, -0.15) is 0 Å². The number of nitrogens with one attached hydrogen (secondary N) is 2. The molecular formula is C25H31N3O3. The van der Waals surface area contributed by atoms with Crippen LogP contribution < -0.4 is 14.8 Å². The Kier molecular flexibility index (Phi) is 6.75. The van der Waals surface area contributed by atoms with Crippen molar-refractivity contribution < 1.29 is 14.3 Å². The monoisotopic (exact) mass is 421 g/mol. The molecule has 0 spiro atoms. The number of fused-ring (bicyclic) bond motifs is 2. The lowest BCUT2D eigenvalue weighted by molar-refractivity contribution is -0.127. The molecule has 3 aromatic rings. The SMILES string of the molecule is COc1cccc2c1OCC(C(=O)NC1CCCC(C)C1)C2.c1ccc2[nH]cnc2c1. The van der Waals surface area contributed by atoms with Crippen LogP contribution in [0.4, 0.5) is 0 Å². The van der Waals surface area contributed by atoms with Crippen molar-refractivity contribution in [2.24, 2.45) is 11.8 Å². The van der Waals surface area contributed by atoms with Crippen LogP contribution in [0, 0.1) is 11.8 Å². The summed E-state index contributed by atoms with van der Waals surface area (Å²) in [4.78, 5) is 19.6. The molecule has 1 aliphatic heterocycles. The minimum absolute atomic E-state index is 0.100. The van der Waals surface area contributed by atoms with Gasteiger partial charge in [0.05, 0.1) is 30.4 Å². The predicted octanol–water partition coefficient (Wildman–Crippen LogP) is 4.50. The first-order valence-corrected chi connectivity index (χ1v) is 11.1. The average Bonchev–Trinajstić information content (AvgIpc) is 3.27. The van der Waals surface area contributed by atoms with Crippen LogP contribution in [0.1, 0.15) is 38.2 Å². The minimum atomic E-state index is -0.100. The molecule has 6 heteroatoms. The van der Waals surface area contributed by atoms with Gasteiger partial charge in [-0.1, -0.05) is 44.0 Å². The quantitative estimate of drug-likeness (QED) is 0.653. The summed E-state index contributed by atoms with van der Waals surface area (Å²) in [5.74, 6) is 2.29. The highest BCUT2D eigenvalue weighted by Gasteiger charge is 2.30. The Bertz CT molecular complexity index is 986. The predicted molar refractivity (Wildman–Crippen MR) is 121 cm³/mol. The standard InChI is InChI=1S/C18H25NO3.C7H6N2/c1-12-5-3-7-15(9-12)19-18(20)14-10-13-6-4-8-16(21-2)17(13)22-11-14;1-2-4-7-6(3-1)8-5-9-7/h4,6,8,12,14-15H,3,5,7,9-11H2,1-2H3,(H,19,20);1-5H,(H,8,9). The summed E-state index contributed by atoms with van der Waals surface area (Å²) in [5.41, 5.74) is 3.18. The Balaban J connectivity index is 0.000000212. The molecule has 1 fully saturated rings. The fraction of sp³-hybridized carbons (Fsp3) is 0.440. The first-order valence-electron chi connectivity index (χ1n) is 11.1. The van der Waals surface area contributed by atoms with E-state index in [1.165, 1.54) is 12.8 Å². The van der Waals surface area contributed by atoms with Crippen LogP contribution in [0.5, 0.6) is 11.5 Å². The maximum absolute atomic E-state index is 12.5. The molecule has 1 saturated carbocycles. The second-order valence-corrected chi connectivity index (χ2v) is 8.56. The molecule has 0 saturated heterocycles. The maximum atomic E-state index is 12.5. The van der Waals surface area contributed by atoms with E-state index in [9.17, 15) is 4.79 Å². The normalized spacial score (nSPS) is 22.5. The van der Waals surface area contributed by atoms with E-state index in [4.69, 9.17) is 9.47 Å². The van der Waals surface area contributed by atoms with E-state index < -0.39 is 0 Å². The number of methoxy groups -OCH3 is 1. The first-order chi connectivity index (χ1) is 15.1. The summed E-state index contributed by atoms with van der Waals surface area (Å²) in [5, 5.41) is 3.23. The molecule has 5 rings (SSSR count). The van der Waals surface area contributed by atoms with Gasteiger partial charge in [0, 0.05) is 6.04 Å². The van der Waals surface area contributed by atoms with Gasteiger partial charge in [-0.15, -0.1) is 0 Å². The Morgan fingerprint density at radius 2 is 2.06 bits per heavy atom. The minimum Gasteiger partial charge on any atom is -0.493 e. The van der Waals surface area contributed by atoms with Crippen LogP contribution in [0.2, 0.25) is 0 Å². The number of nitrogens with zero attached hydrogens (tertiary/aromatic N) is 1. The smallest absolute Gasteiger partial charge is 0.227 e. The zero-order chi connectivity index (χ0) is 21.6. The topological polar surface area (TPSA) is 76.2 Å². The number of ether oxygens (including phenoxy) is 2. The zero-order valence-corrected chi connectivity index (χ0v) is 18.3. The summed E-state index contributed by atoms with van der Waals surface area (Å²) in [6.07, 6.45) is 7.13. The molecule has 6 nitrogen and oxygen atoms in total. The van der Waals surface area contributed by atoms with E-state index in [1.807, 2.05) is 42.5 Å². The van der Waals surface area contributed by atoms with Crippen molar-refractivity contribution in [1.29, 1.82) is 0 Å². The summed E-state index contributed by atoms with van der Waals surface area (Å²) in [6, 6.07) is 14.1. The van der Waals surface area contributed by atoms with Crippen molar-refractivity contribution in [1.82, 2.24) is 15.3 Å². The fourth-order valence-electron chi connectivity index (χ4n) is 4.49. The molecule has 2 aliphatic rings. The van der Waals surface area contributed by atoms with Gasteiger partial charge in [-0.05, 0) is 48.9 Å². The van der Waals surface area contributed by atoms with E-state index >= 15 is 0 Å². The summed E-state index contributed by atoms with van der Waals surface area (Å²) in [7, 11) is 1.64. The van der Waals surface area contributed by atoms with Crippen molar-refractivity contribution in [3.63, 3.8) is 0 Å². The fourth-order valence-corrected chi connectivity index (χ4v) is 4.49. The number of amides is 1. The second-order valence-electron chi connectivity index (χ2n) is 8.56. The highest BCUT2D eigenvalue weighted by atomic mass is 16.5. The van der Waals surface area contributed by atoms with E-state index in [0.29, 0.717) is 18.6 Å². The number of hydrogen-bond acceptors (Lipinski definition) is 4. The van der Waals surface area contributed by atoms with Crippen LogP contribution >= 0.6 is 0 Å². The molecule has 2 heterocycles. The third-order valence-electron chi connectivity index (χ3n) is 6.16. The summed E-state index contributed by atoms with van der Waals surface area (Å²) >= 11 is 0. The number of aromatic nitrogens is 2. The lowest BCUT2D eigenvalue weighted by atomic mass is 9.86.